The number of nitrogens with zero attached hydrogens (tertiary/aromatic N) is 2. The highest BCUT2D eigenvalue weighted by atomic mass is 15.2. The Morgan fingerprint density at radius 1 is 1.31 bits per heavy atom. The standard InChI is InChI=1S/C11H19N2/c1-4-12(5-2)10-13-8-6-7-11(3)9-13/h6-9H,4-5,10H2,1-3H3/q+1. The third-order valence-corrected chi connectivity index (χ3v) is 2.26. The molecule has 0 amide bonds. The number of hydrogen-bond acceptors (Lipinski definition) is 1. The van der Waals surface area contributed by atoms with Crippen LogP contribution in [0.4, 0.5) is 0 Å². The summed E-state index contributed by atoms with van der Waals surface area (Å²) in [6.07, 6.45) is 4.30. The first-order valence-corrected chi connectivity index (χ1v) is 4.94. The molecule has 0 unspecified atom stereocenters. The van der Waals surface area contributed by atoms with E-state index in [1.807, 2.05) is 0 Å². The quantitative estimate of drug-likeness (QED) is 0.637. The van der Waals surface area contributed by atoms with Gasteiger partial charge in [-0.15, -0.1) is 0 Å². The summed E-state index contributed by atoms with van der Waals surface area (Å²) in [7, 11) is 0. The van der Waals surface area contributed by atoms with Gasteiger partial charge in [0.15, 0.2) is 12.4 Å². The van der Waals surface area contributed by atoms with Crippen LogP contribution in [0.5, 0.6) is 0 Å². The third kappa shape index (κ3) is 3.15. The molecular formula is C11H19N2+. The number of aryl methyl sites for hydroxylation is 1. The van der Waals surface area contributed by atoms with E-state index in [4.69, 9.17) is 0 Å². The first kappa shape index (κ1) is 10.2. The zero-order valence-electron chi connectivity index (χ0n) is 8.83. The highest BCUT2D eigenvalue weighted by Gasteiger charge is 2.05. The average molecular weight is 179 g/mol. The van der Waals surface area contributed by atoms with Crippen LogP contribution in [0.3, 0.4) is 0 Å². The Kier molecular flexibility index (Phi) is 3.90. The molecule has 0 aliphatic carbocycles. The SMILES string of the molecule is CCN(CC)C[n+]1cccc(C)c1. The van der Waals surface area contributed by atoms with Crippen LogP contribution in [0, 0.1) is 6.92 Å². The summed E-state index contributed by atoms with van der Waals surface area (Å²) in [6, 6.07) is 4.22. The minimum Gasteiger partial charge on any atom is -0.248 e. The fourth-order valence-electron chi connectivity index (χ4n) is 1.40. The molecule has 72 valence electrons. The second-order valence-corrected chi connectivity index (χ2v) is 3.34. The first-order valence-electron chi connectivity index (χ1n) is 4.94. The second kappa shape index (κ2) is 4.97. The van der Waals surface area contributed by atoms with Crippen LogP contribution < -0.4 is 4.57 Å². The number of aromatic nitrogens is 1. The van der Waals surface area contributed by atoms with E-state index < -0.39 is 0 Å². The smallest absolute Gasteiger partial charge is 0.204 e. The monoisotopic (exact) mass is 179 g/mol. The van der Waals surface area contributed by atoms with Crippen molar-refractivity contribution in [1.29, 1.82) is 0 Å². The number of hydrogen-bond donors (Lipinski definition) is 0. The van der Waals surface area contributed by atoms with Crippen molar-refractivity contribution in [3.63, 3.8) is 0 Å². The number of rotatable bonds is 4. The molecule has 2 heteroatoms. The lowest BCUT2D eigenvalue weighted by Crippen LogP contribution is -2.43. The van der Waals surface area contributed by atoms with Crippen LogP contribution in [0.1, 0.15) is 19.4 Å². The Bertz CT molecular complexity index is 254. The molecule has 1 aromatic rings. The summed E-state index contributed by atoms with van der Waals surface area (Å²) in [6.45, 7) is 9.72. The largest absolute Gasteiger partial charge is 0.248 e. The van der Waals surface area contributed by atoms with Crippen molar-refractivity contribution in [2.45, 2.75) is 27.4 Å². The first-order chi connectivity index (χ1) is 6.26. The lowest BCUT2D eigenvalue weighted by Gasteiger charge is -2.13. The Balaban J connectivity index is 2.62. The van der Waals surface area contributed by atoms with E-state index in [1.54, 1.807) is 0 Å². The molecule has 0 fully saturated rings. The van der Waals surface area contributed by atoms with Crippen molar-refractivity contribution < 1.29 is 4.57 Å². The lowest BCUT2D eigenvalue weighted by molar-refractivity contribution is -0.715. The molecule has 0 aliphatic rings. The zero-order valence-corrected chi connectivity index (χ0v) is 8.83. The Labute approximate surface area is 80.8 Å². The van der Waals surface area contributed by atoms with E-state index in [0.29, 0.717) is 0 Å². The van der Waals surface area contributed by atoms with Crippen molar-refractivity contribution in [2.24, 2.45) is 0 Å². The predicted octanol–water partition coefficient (Wildman–Crippen LogP) is 1.58. The van der Waals surface area contributed by atoms with Gasteiger partial charge in [-0.05, 0) is 13.0 Å². The summed E-state index contributed by atoms with van der Waals surface area (Å²) in [4.78, 5) is 2.39. The molecule has 0 saturated heterocycles. The van der Waals surface area contributed by atoms with Crippen LogP contribution in [0.25, 0.3) is 0 Å². The van der Waals surface area contributed by atoms with Crippen molar-refractivity contribution >= 4 is 0 Å². The van der Waals surface area contributed by atoms with Gasteiger partial charge in [-0.2, -0.15) is 4.57 Å². The zero-order chi connectivity index (χ0) is 9.68. The van der Waals surface area contributed by atoms with Gasteiger partial charge < -0.3 is 0 Å². The van der Waals surface area contributed by atoms with Crippen molar-refractivity contribution in [3.8, 4) is 0 Å². The van der Waals surface area contributed by atoms with Gasteiger partial charge in [-0.25, -0.2) is 4.90 Å². The molecule has 0 N–H and O–H groups in total. The Morgan fingerprint density at radius 2 is 2.00 bits per heavy atom. The molecule has 2 nitrogen and oxygen atoms in total. The summed E-state index contributed by atoms with van der Waals surface area (Å²) in [5.41, 5.74) is 1.31. The molecule has 0 radical (unpaired) electrons. The fraction of sp³-hybridized carbons (Fsp3) is 0.545. The molecule has 0 aromatic carbocycles. The second-order valence-electron chi connectivity index (χ2n) is 3.34. The van der Waals surface area contributed by atoms with Gasteiger partial charge in [0.2, 0.25) is 6.67 Å². The predicted molar refractivity (Wildman–Crippen MR) is 54.3 cm³/mol. The molecule has 1 rings (SSSR count). The maximum atomic E-state index is 2.39. The van der Waals surface area contributed by atoms with Crippen molar-refractivity contribution in [1.82, 2.24) is 4.90 Å². The van der Waals surface area contributed by atoms with E-state index in [1.165, 1.54) is 5.56 Å². The van der Waals surface area contributed by atoms with Gasteiger partial charge in [-0.3, -0.25) is 0 Å². The molecule has 13 heavy (non-hydrogen) atoms. The van der Waals surface area contributed by atoms with Crippen molar-refractivity contribution in [3.05, 3.63) is 30.1 Å². The van der Waals surface area contributed by atoms with Gasteiger partial charge in [0.25, 0.3) is 0 Å². The van der Waals surface area contributed by atoms with E-state index in [9.17, 15) is 0 Å². The fourth-order valence-corrected chi connectivity index (χ4v) is 1.40. The Morgan fingerprint density at radius 3 is 2.54 bits per heavy atom. The summed E-state index contributed by atoms with van der Waals surface area (Å²) >= 11 is 0. The van der Waals surface area contributed by atoms with E-state index >= 15 is 0 Å². The normalized spacial score (nSPS) is 10.8. The highest BCUT2D eigenvalue weighted by Crippen LogP contribution is 1.91. The van der Waals surface area contributed by atoms with Crippen LogP contribution >= 0.6 is 0 Å². The maximum Gasteiger partial charge on any atom is 0.204 e. The van der Waals surface area contributed by atoms with Gasteiger partial charge >= 0.3 is 0 Å². The third-order valence-electron chi connectivity index (χ3n) is 2.26. The van der Waals surface area contributed by atoms with Gasteiger partial charge in [0.1, 0.15) is 0 Å². The minimum atomic E-state index is 0.995. The topological polar surface area (TPSA) is 7.12 Å². The molecule has 0 spiro atoms. The highest BCUT2D eigenvalue weighted by molar-refractivity contribution is 5.01. The summed E-state index contributed by atoms with van der Waals surface area (Å²) in [5.74, 6) is 0. The van der Waals surface area contributed by atoms with Gasteiger partial charge in [-0.1, -0.05) is 13.8 Å². The van der Waals surface area contributed by atoms with E-state index in [0.717, 1.165) is 19.8 Å². The van der Waals surface area contributed by atoms with E-state index in [-0.39, 0.29) is 0 Å². The van der Waals surface area contributed by atoms with Crippen LogP contribution in [0.15, 0.2) is 24.5 Å². The van der Waals surface area contributed by atoms with Crippen LogP contribution in [-0.4, -0.2) is 18.0 Å². The molecule has 0 bridgehead atoms. The molecule has 1 heterocycles. The molecule has 0 atom stereocenters. The average Bonchev–Trinajstić information content (AvgIpc) is 2.14. The molecule has 0 saturated carbocycles. The molecule has 1 aromatic heterocycles. The van der Waals surface area contributed by atoms with E-state index in [2.05, 4.69) is 54.8 Å². The van der Waals surface area contributed by atoms with Crippen LogP contribution in [0.2, 0.25) is 0 Å². The van der Waals surface area contributed by atoms with Gasteiger partial charge in [0.05, 0.1) is 0 Å². The molecule has 0 aliphatic heterocycles. The maximum absolute atomic E-state index is 2.39. The van der Waals surface area contributed by atoms with Gasteiger partial charge in [0, 0.05) is 24.7 Å². The Hall–Kier alpha value is -0.890. The number of pyridine rings is 1. The van der Waals surface area contributed by atoms with Crippen molar-refractivity contribution in [2.75, 3.05) is 13.1 Å². The summed E-state index contributed by atoms with van der Waals surface area (Å²) in [5, 5.41) is 0. The van der Waals surface area contributed by atoms with Crippen LogP contribution in [-0.2, 0) is 6.67 Å². The lowest BCUT2D eigenvalue weighted by atomic mass is 10.3. The molecular weight excluding hydrogens is 160 g/mol. The summed E-state index contributed by atoms with van der Waals surface area (Å²) < 4.78 is 2.22. The minimum absolute atomic E-state index is 0.995.